The predicted octanol–water partition coefficient (Wildman–Crippen LogP) is 4.66. The summed E-state index contributed by atoms with van der Waals surface area (Å²) in [5, 5.41) is 0. The van der Waals surface area contributed by atoms with Gasteiger partial charge in [-0.05, 0) is 31.4 Å². The van der Waals surface area contributed by atoms with E-state index < -0.39 is 17.8 Å². The highest BCUT2D eigenvalue weighted by molar-refractivity contribution is 6.11. The molecule has 2 aromatic rings. The van der Waals surface area contributed by atoms with Crippen molar-refractivity contribution in [3.8, 4) is 5.75 Å². The summed E-state index contributed by atoms with van der Waals surface area (Å²) in [5.41, 5.74) is 3.88. The van der Waals surface area contributed by atoms with Gasteiger partial charge >= 0.3 is 5.97 Å². The van der Waals surface area contributed by atoms with Crippen LogP contribution in [0.5, 0.6) is 5.75 Å². The van der Waals surface area contributed by atoms with Crippen LogP contribution in [0.25, 0.3) is 0 Å². The fraction of sp³-hybridized carbons (Fsp3) is 0.346. The Morgan fingerprint density at radius 1 is 1.03 bits per heavy atom. The van der Waals surface area contributed by atoms with Crippen molar-refractivity contribution in [2.75, 3.05) is 13.7 Å². The zero-order chi connectivity index (χ0) is 21.8. The Kier molecular flexibility index (Phi) is 6.31. The molecule has 31 heavy (non-hydrogen) atoms. The summed E-state index contributed by atoms with van der Waals surface area (Å²) < 4.78 is 11.3. The largest absolute Gasteiger partial charge is 0.496 e. The number of fused-ring (bicyclic) bond motifs is 1. The van der Waals surface area contributed by atoms with E-state index in [0.29, 0.717) is 29.9 Å². The monoisotopic (exact) mass is 417 g/mol. The standard InChI is InChI=1S/C26H27NO4/c1-17-23(26(29)31-16-15-18-9-4-3-5-10-18)24(19-11-6-7-14-22(19)30-2)25-20(27-17)12-8-13-21(25)28/h3-7,9-11,14,24-25H,8,12-13,15-16H2,1-2H3. The molecule has 1 heterocycles. The lowest BCUT2D eigenvalue weighted by Crippen LogP contribution is -2.39. The number of carbonyl (C=O) groups is 2. The number of aliphatic imine (C=N–C) groups is 1. The number of hydrogen-bond donors (Lipinski definition) is 0. The van der Waals surface area contributed by atoms with Crippen molar-refractivity contribution in [3.05, 3.63) is 77.0 Å². The fourth-order valence-electron chi connectivity index (χ4n) is 4.63. The van der Waals surface area contributed by atoms with Crippen LogP contribution < -0.4 is 4.74 Å². The molecule has 1 aliphatic heterocycles. The van der Waals surface area contributed by atoms with Gasteiger partial charge < -0.3 is 9.47 Å². The number of Topliss-reactive ketones (excluding diaryl/α,β-unsaturated/α-hetero) is 1. The Balaban J connectivity index is 1.67. The van der Waals surface area contributed by atoms with Gasteiger partial charge in [0.2, 0.25) is 0 Å². The van der Waals surface area contributed by atoms with E-state index >= 15 is 0 Å². The van der Waals surface area contributed by atoms with Crippen molar-refractivity contribution in [1.82, 2.24) is 0 Å². The van der Waals surface area contributed by atoms with Gasteiger partial charge in [0.1, 0.15) is 11.5 Å². The zero-order valence-corrected chi connectivity index (χ0v) is 18.0. The number of esters is 1. The highest BCUT2D eigenvalue weighted by Crippen LogP contribution is 2.45. The molecule has 0 aromatic heterocycles. The molecule has 2 aliphatic rings. The number of rotatable bonds is 6. The molecule has 160 valence electrons. The number of hydrogen-bond acceptors (Lipinski definition) is 5. The van der Waals surface area contributed by atoms with Crippen LogP contribution in [0.1, 0.15) is 43.2 Å². The molecule has 0 amide bonds. The lowest BCUT2D eigenvalue weighted by molar-refractivity contribution is -0.139. The first-order valence-electron chi connectivity index (χ1n) is 10.7. The third-order valence-electron chi connectivity index (χ3n) is 6.07. The molecule has 0 N–H and O–H groups in total. The van der Waals surface area contributed by atoms with Crippen LogP contribution >= 0.6 is 0 Å². The van der Waals surface area contributed by atoms with Crippen LogP contribution in [-0.2, 0) is 20.7 Å². The number of nitrogens with zero attached hydrogens (tertiary/aromatic N) is 1. The normalized spacial score (nSPS) is 20.7. The van der Waals surface area contributed by atoms with E-state index in [4.69, 9.17) is 9.47 Å². The molecule has 0 bridgehead atoms. The highest BCUT2D eigenvalue weighted by Gasteiger charge is 2.44. The smallest absolute Gasteiger partial charge is 0.336 e. The average Bonchev–Trinajstić information content (AvgIpc) is 2.79. The molecular formula is C26H27NO4. The molecule has 1 fully saturated rings. The number of para-hydroxylation sites is 1. The minimum atomic E-state index is -0.444. The van der Waals surface area contributed by atoms with Crippen molar-refractivity contribution in [2.45, 2.75) is 38.5 Å². The summed E-state index contributed by atoms with van der Waals surface area (Å²) in [6.45, 7) is 2.10. The van der Waals surface area contributed by atoms with Crippen LogP contribution in [0.4, 0.5) is 0 Å². The van der Waals surface area contributed by atoms with Gasteiger partial charge in [0.25, 0.3) is 0 Å². The molecule has 0 spiro atoms. The van der Waals surface area contributed by atoms with E-state index in [9.17, 15) is 9.59 Å². The van der Waals surface area contributed by atoms with Crippen molar-refractivity contribution in [2.24, 2.45) is 10.9 Å². The van der Waals surface area contributed by atoms with Crippen LogP contribution in [0, 0.1) is 5.92 Å². The minimum Gasteiger partial charge on any atom is -0.496 e. The maximum atomic E-state index is 13.3. The molecule has 2 aromatic carbocycles. The van der Waals surface area contributed by atoms with Crippen molar-refractivity contribution < 1.29 is 19.1 Å². The fourth-order valence-corrected chi connectivity index (χ4v) is 4.63. The maximum Gasteiger partial charge on any atom is 0.336 e. The van der Waals surface area contributed by atoms with Gasteiger partial charge in [-0.3, -0.25) is 9.79 Å². The van der Waals surface area contributed by atoms with Crippen LogP contribution in [0.15, 0.2) is 70.9 Å². The number of carbonyl (C=O) groups excluding carboxylic acids is 2. The summed E-state index contributed by atoms with van der Waals surface area (Å²) in [7, 11) is 1.60. The zero-order valence-electron chi connectivity index (χ0n) is 18.0. The van der Waals surface area contributed by atoms with E-state index in [1.54, 1.807) is 7.11 Å². The highest BCUT2D eigenvalue weighted by atomic mass is 16.5. The van der Waals surface area contributed by atoms with Gasteiger partial charge in [-0.1, -0.05) is 48.5 Å². The molecule has 1 aliphatic carbocycles. The number of benzene rings is 2. The third kappa shape index (κ3) is 4.31. The molecule has 5 nitrogen and oxygen atoms in total. The first kappa shape index (κ1) is 21.0. The van der Waals surface area contributed by atoms with Gasteiger partial charge in [0.05, 0.1) is 25.2 Å². The predicted molar refractivity (Wildman–Crippen MR) is 119 cm³/mol. The van der Waals surface area contributed by atoms with E-state index in [2.05, 4.69) is 4.99 Å². The summed E-state index contributed by atoms with van der Waals surface area (Å²) in [4.78, 5) is 30.9. The number of ether oxygens (including phenoxy) is 2. The number of allylic oxidation sites excluding steroid dienone is 1. The third-order valence-corrected chi connectivity index (χ3v) is 6.07. The SMILES string of the molecule is COc1ccccc1C1C(C(=O)OCCc2ccccc2)=C(C)N=C2CCCC(=O)C21. The van der Waals surface area contributed by atoms with Gasteiger partial charge in [-0.15, -0.1) is 0 Å². The Bertz CT molecular complexity index is 1040. The first-order chi connectivity index (χ1) is 15.1. The molecule has 0 radical (unpaired) electrons. The summed E-state index contributed by atoms with van der Waals surface area (Å²) in [6.07, 6.45) is 2.71. The number of methoxy groups -OCH3 is 1. The topological polar surface area (TPSA) is 65.0 Å². The van der Waals surface area contributed by atoms with Crippen molar-refractivity contribution >= 4 is 17.5 Å². The minimum absolute atomic E-state index is 0.128. The summed E-state index contributed by atoms with van der Waals surface area (Å²) >= 11 is 0. The van der Waals surface area contributed by atoms with E-state index in [0.717, 1.165) is 29.7 Å². The molecule has 2 unspecified atom stereocenters. The Morgan fingerprint density at radius 2 is 1.77 bits per heavy atom. The summed E-state index contributed by atoms with van der Waals surface area (Å²) in [6, 6.07) is 17.5. The molecule has 4 rings (SSSR count). The van der Waals surface area contributed by atoms with E-state index in [1.165, 1.54) is 0 Å². The van der Waals surface area contributed by atoms with Crippen LogP contribution in [0.3, 0.4) is 0 Å². The second-order valence-electron chi connectivity index (χ2n) is 7.99. The first-order valence-corrected chi connectivity index (χ1v) is 10.7. The van der Waals surface area contributed by atoms with Gasteiger partial charge in [-0.2, -0.15) is 0 Å². The molecular weight excluding hydrogens is 390 g/mol. The van der Waals surface area contributed by atoms with Crippen molar-refractivity contribution in [1.29, 1.82) is 0 Å². The second kappa shape index (κ2) is 9.29. The van der Waals surface area contributed by atoms with Gasteiger partial charge in [-0.25, -0.2) is 4.79 Å². The van der Waals surface area contributed by atoms with Crippen LogP contribution in [-0.4, -0.2) is 31.2 Å². The van der Waals surface area contributed by atoms with Gasteiger partial charge in [0, 0.05) is 35.7 Å². The molecule has 0 saturated heterocycles. The van der Waals surface area contributed by atoms with E-state index in [-0.39, 0.29) is 12.4 Å². The number of ketones is 1. The van der Waals surface area contributed by atoms with Crippen molar-refractivity contribution in [3.63, 3.8) is 0 Å². The van der Waals surface area contributed by atoms with Crippen LogP contribution in [0.2, 0.25) is 0 Å². The summed E-state index contributed by atoms with van der Waals surface area (Å²) in [5.74, 6) is -0.505. The second-order valence-corrected chi connectivity index (χ2v) is 7.99. The Hall–Kier alpha value is -3.21. The molecule has 1 saturated carbocycles. The van der Waals surface area contributed by atoms with E-state index in [1.807, 2.05) is 61.5 Å². The maximum absolute atomic E-state index is 13.3. The Morgan fingerprint density at radius 3 is 2.55 bits per heavy atom. The lowest BCUT2D eigenvalue weighted by atomic mass is 9.69. The molecule has 5 heteroatoms. The quantitative estimate of drug-likeness (QED) is 0.641. The molecule has 2 atom stereocenters. The Labute approximate surface area is 182 Å². The van der Waals surface area contributed by atoms with Gasteiger partial charge in [0.15, 0.2) is 0 Å². The lowest BCUT2D eigenvalue weighted by Gasteiger charge is -2.36. The average molecular weight is 418 g/mol.